The van der Waals surface area contributed by atoms with Gasteiger partial charge in [-0.15, -0.1) is 0 Å². The van der Waals surface area contributed by atoms with Crippen molar-refractivity contribution in [1.82, 2.24) is 10.2 Å². The van der Waals surface area contributed by atoms with Gasteiger partial charge in [0.2, 0.25) is 0 Å². The molecule has 3 aromatic carbocycles. The largest absolute Gasteiger partial charge is 0.337 e. The van der Waals surface area contributed by atoms with Crippen LogP contribution in [0.2, 0.25) is 10.0 Å². The minimum Gasteiger partial charge on any atom is -0.337 e. The van der Waals surface area contributed by atoms with Crippen LogP contribution in [-0.4, -0.2) is 36.6 Å². The first-order valence-electron chi connectivity index (χ1n) is 13.8. The monoisotopic (exact) mass is 560 g/mol. The van der Waals surface area contributed by atoms with Crippen LogP contribution in [0.25, 0.3) is 11.1 Å². The van der Waals surface area contributed by atoms with Crippen molar-refractivity contribution < 1.29 is 4.79 Å². The van der Waals surface area contributed by atoms with E-state index in [1.807, 2.05) is 24.3 Å². The van der Waals surface area contributed by atoms with E-state index in [0.717, 1.165) is 43.1 Å². The lowest BCUT2D eigenvalue weighted by Crippen LogP contribution is -2.43. The summed E-state index contributed by atoms with van der Waals surface area (Å²) in [7, 11) is 0. The van der Waals surface area contributed by atoms with Crippen LogP contribution in [0.3, 0.4) is 0 Å². The van der Waals surface area contributed by atoms with Crippen molar-refractivity contribution in [2.45, 2.75) is 50.5 Å². The van der Waals surface area contributed by atoms with Gasteiger partial charge in [0.15, 0.2) is 0 Å². The Hall–Kier alpha value is -3.04. The number of rotatable bonds is 7. The van der Waals surface area contributed by atoms with E-state index in [1.165, 1.54) is 31.2 Å². The Morgan fingerprint density at radius 2 is 1.62 bits per heavy atom. The molecule has 1 heterocycles. The molecule has 2 N–H and O–H groups in total. The molecule has 0 bridgehead atoms. The number of benzene rings is 3. The summed E-state index contributed by atoms with van der Waals surface area (Å²) in [5, 5.41) is 16.2. The second kappa shape index (κ2) is 12.9. The molecule has 39 heavy (non-hydrogen) atoms. The summed E-state index contributed by atoms with van der Waals surface area (Å²) in [5.74, 6) is 0.681. The van der Waals surface area contributed by atoms with Gasteiger partial charge in [0.1, 0.15) is 0 Å². The maximum absolute atomic E-state index is 12.8. The Morgan fingerprint density at radius 1 is 0.923 bits per heavy atom. The third-order valence-electron chi connectivity index (χ3n) is 8.25. The highest BCUT2D eigenvalue weighted by Gasteiger charge is 2.31. The van der Waals surface area contributed by atoms with Crippen molar-refractivity contribution in [3.63, 3.8) is 0 Å². The number of hydrogen-bond acceptors (Lipinski definition) is 3. The summed E-state index contributed by atoms with van der Waals surface area (Å²) in [6.07, 6.45) is 7.62. The van der Waals surface area contributed by atoms with Gasteiger partial charge in [0.05, 0.1) is 11.6 Å². The number of likely N-dealkylation sites (tertiary alicyclic amines) is 1. The molecule has 1 aliphatic carbocycles. The van der Waals surface area contributed by atoms with Crippen molar-refractivity contribution in [1.29, 1.82) is 5.26 Å². The lowest BCUT2D eigenvalue weighted by molar-refractivity contribution is 0.123. The van der Waals surface area contributed by atoms with Gasteiger partial charge in [-0.2, -0.15) is 5.26 Å². The predicted molar refractivity (Wildman–Crippen MR) is 159 cm³/mol. The smallest absolute Gasteiger partial charge is 0.319 e. The summed E-state index contributed by atoms with van der Waals surface area (Å²) in [5.41, 5.74) is 4.55. The number of amides is 2. The number of nitrogens with zero attached hydrogens (tertiary/aromatic N) is 2. The number of piperidine rings is 1. The molecule has 0 aromatic heterocycles. The minimum absolute atomic E-state index is 0.198. The molecule has 2 amide bonds. The zero-order valence-corrected chi connectivity index (χ0v) is 23.5. The van der Waals surface area contributed by atoms with E-state index in [-0.39, 0.29) is 11.9 Å². The number of nitriles is 1. The summed E-state index contributed by atoms with van der Waals surface area (Å²) < 4.78 is 0. The highest BCUT2D eigenvalue weighted by atomic mass is 35.5. The molecule has 0 spiro atoms. The van der Waals surface area contributed by atoms with Crippen LogP contribution in [0.5, 0.6) is 0 Å². The average Bonchev–Trinajstić information content (AvgIpc) is 3.49. The van der Waals surface area contributed by atoms with E-state index in [1.54, 1.807) is 18.2 Å². The lowest BCUT2D eigenvalue weighted by atomic mass is 9.79. The molecule has 1 atom stereocenters. The normalized spacial score (nSPS) is 17.5. The van der Waals surface area contributed by atoms with E-state index in [9.17, 15) is 10.1 Å². The SMILES string of the molecule is N#Cc1cccc(-c2ccc(C(CNC(=O)Nc3cc(Cl)cc(Cl)c3)C3CCN(C4CCCC4)CC3)cc2)c1. The van der Waals surface area contributed by atoms with Crippen LogP contribution in [-0.2, 0) is 0 Å². The molecule has 3 aromatic rings. The number of nitrogens with one attached hydrogen (secondary N) is 2. The average molecular weight is 562 g/mol. The zero-order valence-electron chi connectivity index (χ0n) is 22.0. The predicted octanol–water partition coefficient (Wildman–Crippen LogP) is 8.09. The van der Waals surface area contributed by atoms with Gasteiger partial charge in [0, 0.05) is 34.2 Å². The van der Waals surface area contributed by atoms with Crippen molar-refractivity contribution >= 4 is 34.9 Å². The molecule has 2 fully saturated rings. The van der Waals surface area contributed by atoms with Gasteiger partial charge in [-0.1, -0.05) is 72.4 Å². The van der Waals surface area contributed by atoms with Crippen molar-refractivity contribution in [3.8, 4) is 17.2 Å². The van der Waals surface area contributed by atoms with Crippen LogP contribution < -0.4 is 10.6 Å². The van der Waals surface area contributed by atoms with E-state index >= 15 is 0 Å². The molecule has 1 unspecified atom stereocenters. The summed E-state index contributed by atoms with van der Waals surface area (Å²) in [6.45, 7) is 2.79. The second-order valence-electron chi connectivity index (χ2n) is 10.7. The molecular weight excluding hydrogens is 527 g/mol. The molecule has 5 rings (SSSR count). The van der Waals surface area contributed by atoms with Crippen LogP contribution in [0.4, 0.5) is 10.5 Å². The first-order valence-corrected chi connectivity index (χ1v) is 14.6. The topological polar surface area (TPSA) is 68.2 Å². The van der Waals surface area contributed by atoms with E-state index in [0.29, 0.717) is 33.8 Å². The molecule has 1 aliphatic heterocycles. The fourth-order valence-electron chi connectivity index (χ4n) is 6.21. The van der Waals surface area contributed by atoms with Gasteiger partial charge in [-0.3, -0.25) is 0 Å². The van der Waals surface area contributed by atoms with Crippen LogP contribution in [0.1, 0.15) is 55.6 Å². The van der Waals surface area contributed by atoms with Gasteiger partial charge in [-0.05, 0) is 91.7 Å². The number of halogens is 2. The molecule has 202 valence electrons. The maximum atomic E-state index is 12.8. The van der Waals surface area contributed by atoms with E-state index in [2.05, 4.69) is 45.9 Å². The molecule has 1 saturated carbocycles. The quantitative estimate of drug-likeness (QED) is 0.306. The Kier molecular flexibility index (Phi) is 9.09. The van der Waals surface area contributed by atoms with Gasteiger partial charge >= 0.3 is 6.03 Å². The van der Waals surface area contributed by atoms with Crippen LogP contribution in [0, 0.1) is 17.2 Å². The Labute approximate surface area is 241 Å². The number of hydrogen-bond donors (Lipinski definition) is 2. The van der Waals surface area contributed by atoms with Crippen molar-refractivity contribution in [2.75, 3.05) is 25.0 Å². The number of carbonyl (C=O) groups excluding carboxylic acids is 1. The standard InChI is InChI=1S/C32H34Cl2N4O/c33-27-17-28(34)19-29(18-27)37-32(39)36-21-31(25-12-14-38(15-13-25)30-6-1-2-7-30)24-10-8-23(9-11-24)26-5-3-4-22(16-26)20-35/h3-5,8-11,16-19,25,30-31H,1-2,6-7,12-15,21H2,(H2,36,37,39). The van der Waals surface area contributed by atoms with E-state index < -0.39 is 0 Å². The second-order valence-corrected chi connectivity index (χ2v) is 11.6. The van der Waals surface area contributed by atoms with E-state index in [4.69, 9.17) is 23.2 Å². The summed E-state index contributed by atoms with van der Waals surface area (Å²) >= 11 is 12.2. The number of anilines is 1. The van der Waals surface area contributed by atoms with Crippen molar-refractivity contribution in [2.24, 2.45) is 5.92 Å². The molecular formula is C32H34Cl2N4O. The van der Waals surface area contributed by atoms with Gasteiger partial charge < -0.3 is 15.5 Å². The maximum Gasteiger partial charge on any atom is 0.319 e. The Bertz CT molecular complexity index is 1300. The van der Waals surface area contributed by atoms with Crippen molar-refractivity contribution in [3.05, 3.63) is 87.9 Å². The molecule has 0 radical (unpaired) electrons. The third-order valence-corrected chi connectivity index (χ3v) is 8.69. The highest BCUT2D eigenvalue weighted by Crippen LogP contribution is 2.36. The summed E-state index contributed by atoms with van der Waals surface area (Å²) in [6, 6.07) is 24.0. The zero-order chi connectivity index (χ0) is 27.2. The van der Waals surface area contributed by atoms with Crippen LogP contribution in [0.15, 0.2) is 66.7 Å². The number of urea groups is 1. The molecule has 5 nitrogen and oxygen atoms in total. The molecule has 1 saturated heterocycles. The first kappa shape index (κ1) is 27.5. The fourth-order valence-corrected chi connectivity index (χ4v) is 6.73. The fraction of sp³-hybridized carbons (Fsp3) is 0.375. The minimum atomic E-state index is -0.272. The summed E-state index contributed by atoms with van der Waals surface area (Å²) in [4.78, 5) is 15.5. The third kappa shape index (κ3) is 7.13. The first-order chi connectivity index (χ1) is 19.0. The Morgan fingerprint density at radius 3 is 2.28 bits per heavy atom. The highest BCUT2D eigenvalue weighted by molar-refractivity contribution is 6.35. The van der Waals surface area contributed by atoms with Gasteiger partial charge in [0.25, 0.3) is 0 Å². The van der Waals surface area contributed by atoms with Crippen LogP contribution >= 0.6 is 23.2 Å². The molecule has 2 aliphatic rings. The number of carbonyl (C=O) groups is 1. The lowest BCUT2D eigenvalue weighted by Gasteiger charge is -2.39. The Balaban J connectivity index is 1.30. The van der Waals surface area contributed by atoms with Gasteiger partial charge in [-0.25, -0.2) is 4.79 Å². The molecule has 7 heteroatoms.